The lowest BCUT2D eigenvalue weighted by atomic mass is 10.2. The molecule has 6 nitrogen and oxygen atoms in total. The topological polar surface area (TPSA) is 67.1 Å². The molecule has 1 saturated heterocycles. The van der Waals surface area contributed by atoms with E-state index >= 15 is 0 Å². The van der Waals surface area contributed by atoms with Crippen LogP contribution in [0.5, 0.6) is 0 Å². The van der Waals surface area contributed by atoms with Gasteiger partial charge in [0.05, 0.1) is 29.2 Å². The molecule has 0 unspecified atom stereocenters. The third kappa shape index (κ3) is 2.73. The molecule has 23 heavy (non-hydrogen) atoms. The maximum absolute atomic E-state index is 13.7. The van der Waals surface area contributed by atoms with E-state index in [1.165, 1.54) is 0 Å². The van der Waals surface area contributed by atoms with Crippen LogP contribution in [0.4, 0.5) is 10.2 Å². The lowest BCUT2D eigenvalue weighted by Gasteiger charge is -2.15. The number of rotatable bonds is 3. The van der Waals surface area contributed by atoms with E-state index in [2.05, 4.69) is 25.7 Å². The SMILES string of the molecule is F[C@H]1CNC[C@@H]1Nc1cccc(-c2cnc3cc(Cl)cnn23)n1. The van der Waals surface area contributed by atoms with Crippen molar-refractivity contribution in [3.63, 3.8) is 0 Å². The van der Waals surface area contributed by atoms with Crippen molar-refractivity contribution in [2.24, 2.45) is 0 Å². The number of aromatic nitrogens is 4. The van der Waals surface area contributed by atoms with Crippen molar-refractivity contribution in [3.05, 3.63) is 41.7 Å². The van der Waals surface area contributed by atoms with E-state index < -0.39 is 6.17 Å². The molecule has 0 amide bonds. The standard InChI is InChI=1S/C15H14ClFN6/c16-9-4-15-19-8-13(23(15)20-5-9)11-2-1-3-14(21-11)22-12-7-18-6-10(12)17/h1-5,8,10,12,18H,6-7H2,(H,21,22)/t10-,12-/m0/s1. The van der Waals surface area contributed by atoms with Crippen LogP contribution in [0.1, 0.15) is 0 Å². The summed E-state index contributed by atoms with van der Waals surface area (Å²) in [5.74, 6) is 0.628. The fourth-order valence-corrected chi connectivity index (χ4v) is 2.81. The minimum absolute atomic E-state index is 0.267. The largest absolute Gasteiger partial charge is 0.363 e. The van der Waals surface area contributed by atoms with Crippen molar-refractivity contribution in [2.45, 2.75) is 12.2 Å². The number of nitrogens with one attached hydrogen (secondary N) is 2. The molecule has 0 aromatic carbocycles. The Bertz CT molecular complexity index is 851. The summed E-state index contributed by atoms with van der Waals surface area (Å²) in [5.41, 5.74) is 2.11. The summed E-state index contributed by atoms with van der Waals surface area (Å²) < 4.78 is 15.4. The van der Waals surface area contributed by atoms with Crippen LogP contribution in [-0.2, 0) is 0 Å². The zero-order valence-electron chi connectivity index (χ0n) is 12.1. The van der Waals surface area contributed by atoms with Gasteiger partial charge in [0.1, 0.15) is 17.7 Å². The molecule has 3 aromatic heterocycles. The van der Waals surface area contributed by atoms with Crippen LogP contribution < -0.4 is 10.6 Å². The fourth-order valence-electron chi connectivity index (χ4n) is 2.66. The first-order valence-corrected chi connectivity index (χ1v) is 7.66. The molecule has 0 radical (unpaired) electrons. The number of anilines is 1. The second kappa shape index (κ2) is 5.75. The number of imidazole rings is 1. The van der Waals surface area contributed by atoms with E-state index in [1.54, 1.807) is 23.0 Å². The summed E-state index contributed by atoms with van der Waals surface area (Å²) in [5, 5.41) is 10.9. The molecule has 0 aliphatic carbocycles. The minimum atomic E-state index is -0.917. The Morgan fingerprint density at radius 2 is 2.22 bits per heavy atom. The maximum Gasteiger partial charge on any atom is 0.155 e. The number of halogens is 2. The van der Waals surface area contributed by atoms with Crippen molar-refractivity contribution in [1.82, 2.24) is 24.9 Å². The van der Waals surface area contributed by atoms with Gasteiger partial charge >= 0.3 is 0 Å². The summed E-state index contributed by atoms with van der Waals surface area (Å²) >= 11 is 5.93. The molecule has 4 heterocycles. The second-order valence-electron chi connectivity index (χ2n) is 5.42. The number of hydrogen-bond acceptors (Lipinski definition) is 5. The van der Waals surface area contributed by atoms with Gasteiger partial charge < -0.3 is 10.6 Å². The van der Waals surface area contributed by atoms with Gasteiger partial charge in [-0.1, -0.05) is 17.7 Å². The van der Waals surface area contributed by atoms with E-state index in [-0.39, 0.29) is 6.04 Å². The molecule has 0 spiro atoms. The highest BCUT2D eigenvalue weighted by Gasteiger charge is 2.26. The van der Waals surface area contributed by atoms with Crippen LogP contribution in [0.2, 0.25) is 5.02 Å². The molecular formula is C15H14ClFN6. The predicted octanol–water partition coefficient (Wildman–Crippen LogP) is 2.17. The molecule has 0 bridgehead atoms. The normalized spacial score (nSPS) is 21.0. The molecule has 0 saturated carbocycles. The van der Waals surface area contributed by atoms with Crippen molar-refractivity contribution >= 4 is 23.1 Å². The maximum atomic E-state index is 13.7. The van der Waals surface area contributed by atoms with Gasteiger partial charge in [0.2, 0.25) is 0 Å². The zero-order chi connectivity index (χ0) is 15.8. The van der Waals surface area contributed by atoms with Gasteiger partial charge in [-0.3, -0.25) is 0 Å². The summed E-state index contributed by atoms with van der Waals surface area (Å²) in [6.07, 6.45) is 2.33. The van der Waals surface area contributed by atoms with E-state index in [0.29, 0.717) is 35.3 Å². The molecular weight excluding hydrogens is 319 g/mol. The molecule has 3 aromatic rings. The second-order valence-corrected chi connectivity index (χ2v) is 5.86. The smallest absolute Gasteiger partial charge is 0.155 e. The molecule has 118 valence electrons. The lowest BCUT2D eigenvalue weighted by molar-refractivity contribution is 0.342. The molecule has 1 aliphatic rings. The third-order valence-corrected chi connectivity index (χ3v) is 4.02. The summed E-state index contributed by atoms with van der Waals surface area (Å²) in [6.45, 7) is 0.956. The van der Waals surface area contributed by atoms with Gasteiger partial charge in [0, 0.05) is 19.2 Å². The summed E-state index contributed by atoms with van der Waals surface area (Å²) in [6, 6.07) is 7.03. The van der Waals surface area contributed by atoms with E-state index in [4.69, 9.17) is 11.6 Å². The van der Waals surface area contributed by atoms with Crippen LogP contribution in [0.15, 0.2) is 36.7 Å². The highest BCUT2D eigenvalue weighted by molar-refractivity contribution is 6.30. The Labute approximate surface area is 136 Å². The van der Waals surface area contributed by atoms with Crippen LogP contribution in [0.25, 0.3) is 17.0 Å². The predicted molar refractivity (Wildman–Crippen MR) is 86.4 cm³/mol. The Kier molecular flexibility index (Phi) is 3.59. The quantitative estimate of drug-likeness (QED) is 0.769. The molecule has 8 heteroatoms. The molecule has 1 aliphatic heterocycles. The highest BCUT2D eigenvalue weighted by atomic mass is 35.5. The minimum Gasteiger partial charge on any atom is -0.363 e. The molecule has 2 N–H and O–H groups in total. The molecule has 2 atom stereocenters. The van der Waals surface area contributed by atoms with E-state index in [0.717, 1.165) is 5.69 Å². The molecule has 4 rings (SSSR count). The van der Waals surface area contributed by atoms with Crippen molar-refractivity contribution in [1.29, 1.82) is 0 Å². The van der Waals surface area contributed by atoms with Crippen LogP contribution in [0.3, 0.4) is 0 Å². The first kappa shape index (κ1) is 14.3. The number of pyridine rings is 1. The van der Waals surface area contributed by atoms with E-state index in [1.807, 2.05) is 18.2 Å². The van der Waals surface area contributed by atoms with Crippen LogP contribution >= 0.6 is 11.6 Å². The Morgan fingerprint density at radius 3 is 3.04 bits per heavy atom. The highest BCUT2D eigenvalue weighted by Crippen LogP contribution is 2.21. The lowest BCUT2D eigenvalue weighted by Crippen LogP contribution is -2.29. The monoisotopic (exact) mass is 332 g/mol. The number of alkyl halides is 1. The van der Waals surface area contributed by atoms with Gasteiger partial charge in [0.15, 0.2) is 5.65 Å². The summed E-state index contributed by atoms with van der Waals surface area (Å²) in [7, 11) is 0. The summed E-state index contributed by atoms with van der Waals surface area (Å²) in [4.78, 5) is 8.83. The number of hydrogen-bond donors (Lipinski definition) is 2. The average Bonchev–Trinajstić information content (AvgIpc) is 3.14. The van der Waals surface area contributed by atoms with E-state index in [9.17, 15) is 4.39 Å². The molecule has 1 fully saturated rings. The van der Waals surface area contributed by atoms with Gasteiger partial charge in [-0.05, 0) is 12.1 Å². The Balaban J connectivity index is 1.67. The van der Waals surface area contributed by atoms with Gasteiger partial charge in [-0.25, -0.2) is 18.9 Å². The fraction of sp³-hybridized carbons (Fsp3) is 0.267. The first-order chi connectivity index (χ1) is 11.2. The van der Waals surface area contributed by atoms with Crippen LogP contribution in [-0.4, -0.2) is 44.9 Å². The average molecular weight is 333 g/mol. The first-order valence-electron chi connectivity index (χ1n) is 7.29. The van der Waals surface area contributed by atoms with Crippen molar-refractivity contribution in [3.8, 4) is 11.4 Å². The zero-order valence-corrected chi connectivity index (χ0v) is 12.8. The number of nitrogens with zero attached hydrogens (tertiary/aromatic N) is 4. The van der Waals surface area contributed by atoms with Crippen LogP contribution in [0, 0.1) is 0 Å². The Morgan fingerprint density at radius 1 is 1.30 bits per heavy atom. The Hall–Kier alpha value is -2.25. The van der Waals surface area contributed by atoms with Gasteiger partial charge in [0.25, 0.3) is 0 Å². The van der Waals surface area contributed by atoms with Crippen molar-refractivity contribution < 1.29 is 4.39 Å². The number of fused-ring (bicyclic) bond motifs is 1. The van der Waals surface area contributed by atoms with Crippen molar-refractivity contribution in [2.75, 3.05) is 18.4 Å². The third-order valence-electron chi connectivity index (χ3n) is 3.81. The van der Waals surface area contributed by atoms with Gasteiger partial charge in [-0.15, -0.1) is 0 Å². The van der Waals surface area contributed by atoms with Gasteiger partial charge in [-0.2, -0.15) is 5.10 Å².